The molecular formula is C15H21N7O3. The van der Waals surface area contributed by atoms with E-state index in [1.54, 1.807) is 12.5 Å². The van der Waals surface area contributed by atoms with Crippen LogP contribution in [0.2, 0.25) is 0 Å². The summed E-state index contributed by atoms with van der Waals surface area (Å²) >= 11 is 0. The molecule has 2 N–H and O–H groups in total. The molecule has 10 heteroatoms. The summed E-state index contributed by atoms with van der Waals surface area (Å²) in [6, 6.07) is 0. The molecule has 10 nitrogen and oxygen atoms in total. The topological polar surface area (TPSA) is 120 Å². The summed E-state index contributed by atoms with van der Waals surface area (Å²) in [7, 11) is 0. The molecule has 1 fully saturated rings. The predicted octanol–water partition coefficient (Wildman–Crippen LogP) is 1.67. The third-order valence-electron chi connectivity index (χ3n) is 3.97. The molecule has 1 aliphatic heterocycles. The lowest BCUT2D eigenvalue weighted by Gasteiger charge is -2.13. The molecule has 1 unspecified atom stereocenters. The van der Waals surface area contributed by atoms with Crippen LogP contribution in [0.15, 0.2) is 25.0 Å². The Bertz CT molecular complexity index is 686. The Kier molecular flexibility index (Phi) is 5.73. The number of aryl methyl sites for hydroxylation is 1. The zero-order valence-corrected chi connectivity index (χ0v) is 13.8. The number of aromatic nitrogens is 4. The molecule has 1 saturated heterocycles. The number of nitro groups is 1. The molecule has 134 valence electrons. The van der Waals surface area contributed by atoms with E-state index in [1.807, 2.05) is 10.8 Å². The van der Waals surface area contributed by atoms with Gasteiger partial charge in [0, 0.05) is 38.6 Å². The molecule has 2 aromatic rings. The first-order valence-electron chi connectivity index (χ1n) is 8.28. The average molecular weight is 347 g/mol. The van der Waals surface area contributed by atoms with Crippen LogP contribution in [0, 0.1) is 10.1 Å². The second-order valence-corrected chi connectivity index (χ2v) is 5.77. The van der Waals surface area contributed by atoms with E-state index in [0.29, 0.717) is 13.1 Å². The number of hydrogen-bond acceptors (Lipinski definition) is 8. The normalized spacial score (nSPS) is 16.7. The number of rotatable bonds is 9. The lowest BCUT2D eigenvalue weighted by molar-refractivity contribution is -0.383. The molecular weight excluding hydrogens is 326 g/mol. The maximum atomic E-state index is 11.5. The van der Waals surface area contributed by atoms with Gasteiger partial charge in [-0.05, 0) is 19.3 Å². The lowest BCUT2D eigenvalue weighted by Crippen LogP contribution is -2.20. The van der Waals surface area contributed by atoms with Crippen molar-refractivity contribution in [3.05, 3.63) is 35.2 Å². The van der Waals surface area contributed by atoms with Crippen molar-refractivity contribution < 1.29 is 9.66 Å². The van der Waals surface area contributed by atoms with Crippen LogP contribution in [0.25, 0.3) is 0 Å². The van der Waals surface area contributed by atoms with E-state index in [-0.39, 0.29) is 23.4 Å². The fourth-order valence-corrected chi connectivity index (χ4v) is 2.71. The van der Waals surface area contributed by atoms with Crippen molar-refractivity contribution in [2.45, 2.75) is 31.9 Å². The van der Waals surface area contributed by atoms with Crippen LogP contribution in [0.3, 0.4) is 0 Å². The van der Waals surface area contributed by atoms with Gasteiger partial charge in [-0.3, -0.25) is 10.1 Å². The van der Waals surface area contributed by atoms with Crippen LogP contribution >= 0.6 is 0 Å². The first-order valence-corrected chi connectivity index (χ1v) is 8.28. The molecule has 0 aliphatic carbocycles. The van der Waals surface area contributed by atoms with E-state index in [1.165, 1.54) is 6.33 Å². The minimum atomic E-state index is -0.462. The summed E-state index contributed by atoms with van der Waals surface area (Å²) in [5.41, 5.74) is -0.136. The highest BCUT2D eigenvalue weighted by molar-refractivity contribution is 5.69. The van der Waals surface area contributed by atoms with E-state index in [4.69, 9.17) is 4.74 Å². The second kappa shape index (κ2) is 8.38. The van der Waals surface area contributed by atoms with Crippen LogP contribution < -0.4 is 10.6 Å². The molecule has 1 atom stereocenters. The van der Waals surface area contributed by atoms with Crippen LogP contribution in [0.1, 0.15) is 19.3 Å². The standard InChI is InChI=1S/C15H21N7O3/c23-22(24)13-14(17-4-2-6-21-7-5-16-11-21)19-10-20-15(13)18-9-12-3-1-8-25-12/h5,7,10-12H,1-4,6,8-9H2,(H2,17,18,19,20). The zero-order chi connectivity index (χ0) is 17.5. The summed E-state index contributed by atoms with van der Waals surface area (Å²) in [5, 5.41) is 17.5. The average Bonchev–Trinajstić information content (AvgIpc) is 3.30. The number of anilines is 2. The van der Waals surface area contributed by atoms with Crippen molar-refractivity contribution in [2.24, 2.45) is 0 Å². The van der Waals surface area contributed by atoms with E-state index < -0.39 is 4.92 Å². The molecule has 3 rings (SSSR count). The van der Waals surface area contributed by atoms with Crippen LogP contribution in [0.5, 0.6) is 0 Å². The highest BCUT2D eigenvalue weighted by Gasteiger charge is 2.24. The molecule has 2 aromatic heterocycles. The van der Waals surface area contributed by atoms with Crippen molar-refractivity contribution in [3.63, 3.8) is 0 Å². The van der Waals surface area contributed by atoms with Crippen LogP contribution in [-0.4, -0.2) is 50.2 Å². The Morgan fingerprint density at radius 2 is 2.20 bits per heavy atom. The van der Waals surface area contributed by atoms with E-state index in [2.05, 4.69) is 25.6 Å². The minimum absolute atomic E-state index is 0.0705. The molecule has 3 heterocycles. The highest BCUT2D eigenvalue weighted by atomic mass is 16.6. The molecule has 0 spiro atoms. The van der Waals surface area contributed by atoms with E-state index in [9.17, 15) is 10.1 Å². The molecule has 25 heavy (non-hydrogen) atoms. The van der Waals surface area contributed by atoms with Crippen molar-refractivity contribution in [1.29, 1.82) is 0 Å². The summed E-state index contributed by atoms with van der Waals surface area (Å²) < 4.78 is 7.47. The van der Waals surface area contributed by atoms with Crippen molar-refractivity contribution in [2.75, 3.05) is 30.3 Å². The first-order chi connectivity index (χ1) is 12.2. The molecule has 0 aromatic carbocycles. The molecule has 0 amide bonds. The van der Waals surface area contributed by atoms with Gasteiger partial charge in [-0.15, -0.1) is 0 Å². The maximum Gasteiger partial charge on any atom is 0.353 e. The molecule has 0 saturated carbocycles. The smallest absolute Gasteiger partial charge is 0.353 e. The first kappa shape index (κ1) is 17.1. The van der Waals surface area contributed by atoms with Gasteiger partial charge in [0.15, 0.2) is 0 Å². The second-order valence-electron chi connectivity index (χ2n) is 5.77. The molecule has 0 bridgehead atoms. The van der Waals surface area contributed by atoms with Gasteiger partial charge in [0.1, 0.15) is 6.33 Å². The summed E-state index contributed by atoms with van der Waals surface area (Å²) in [4.78, 5) is 23.0. The largest absolute Gasteiger partial charge is 0.376 e. The SMILES string of the molecule is O=[N+]([O-])c1c(NCCCn2ccnc2)ncnc1NCC1CCCO1. The van der Waals surface area contributed by atoms with Gasteiger partial charge in [-0.25, -0.2) is 15.0 Å². The van der Waals surface area contributed by atoms with Crippen molar-refractivity contribution in [3.8, 4) is 0 Å². The van der Waals surface area contributed by atoms with Gasteiger partial charge < -0.3 is 19.9 Å². The molecule has 0 radical (unpaired) electrons. The fourth-order valence-electron chi connectivity index (χ4n) is 2.71. The van der Waals surface area contributed by atoms with Gasteiger partial charge in [-0.1, -0.05) is 0 Å². The third kappa shape index (κ3) is 4.63. The monoisotopic (exact) mass is 347 g/mol. The van der Waals surface area contributed by atoms with Crippen molar-refractivity contribution in [1.82, 2.24) is 19.5 Å². The summed E-state index contributed by atoms with van der Waals surface area (Å²) in [6.45, 7) is 2.57. The van der Waals surface area contributed by atoms with Crippen LogP contribution in [-0.2, 0) is 11.3 Å². The summed E-state index contributed by atoms with van der Waals surface area (Å²) in [6.07, 6.45) is 9.47. The van der Waals surface area contributed by atoms with Crippen molar-refractivity contribution >= 4 is 17.3 Å². The minimum Gasteiger partial charge on any atom is -0.376 e. The van der Waals surface area contributed by atoms with Gasteiger partial charge in [-0.2, -0.15) is 0 Å². The van der Waals surface area contributed by atoms with Gasteiger partial charge >= 0.3 is 5.69 Å². The number of hydrogen-bond donors (Lipinski definition) is 2. The Balaban J connectivity index is 1.59. The fraction of sp³-hybridized carbons (Fsp3) is 0.533. The van der Waals surface area contributed by atoms with Gasteiger partial charge in [0.25, 0.3) is 0 Å². The number of nitrogens with zero attached hydrogens (tertiary/aromatic N) is 5. The predicted molar refractivity (Wildman–Crippen MR) is 91.5 cm³/mol. The van der Waals surface area contributed by atoms with Crippen LogP contribution in [0.4, 0.5) is 17.3 Å². The Hall–Kier alpha value is -2.75. The lowest BCUT2D eigenvalue weighted by atomic mass is 10.2. The Labute approximate surface area is 144 Å². The number of imidazole rings is 1. The van der Waals surface area contributed by atoms with Gasteiger partial charge in [0.2, 0.25) is 11.6 Å². The maximum absolute atomic E-state index is 11.5. The van der Waals surface area contributed by atoms with E-state index in [0.717, 1.165) is 32.4 Å². The van der Waals surface area contributed by atoms with Gasteiger partial charge in [0.05, 0.1) is 17.4 Å². The molecule has 1 aliphatic rings. The van der Waals surface area contributed by atoms with E-state index >= 15 is 0 Å². The Morgan fingerprint density at radius 1 is 1.36 bits per heavy atom. The highest BCUT2D eigenvalue weighted by Crippen LogP contribution is 2.29. The quantitative estimate of drug-likeness (QED) is 0.399. The third-order valence-corrected chi connectivity index (χ3v) is 3.97. The number of nitrogens with one attached hydrogen (secondary N) is 2. The Morgan fingerprint density at radius 3 is 2.88 bits per heavy atom. The zero-order valence-electron chi connectivity index (χ0n) is 13.8. The number of ether oxygens (including phenoxy) is 1. The summed E-state index contributed by atoms with van der Waals surface area (Å²) in [5.74, 6) is 0.438.